The maximum atomic E-state index is 11.8. The second kappa shape index (κ2) is 7.78. The largest absolute Gasteiger partial charge is 0.497 e. The van der Waals surface area contributed by atoms with Crippen LogP contribution in [0, 0.1) is 6.92 Å². The number of carbonyl (C=O) groups excluding carboxylic acids is 2. The van der Waals surface area contributed by atoms with E-state index in [1.54, 1.807) is 43.5 Å². The van der Waals surface area contributed by atoms with Gasteiger partial charge in [0.15, 0.2) is 6.61 Å². The highest BCUT2D eigenvalue weighted by atomic mass is 79.9. The van der Waals surface area contributed by atoms with Gasteiger partial charge in [-0.05, 0) is 48.9 Å². The summed E-state index contributed by atoms with van der Waals surface area (Å²) in [4.78, 5) is 23.7. The normalized spacial score (nSPS) is 10.0. The Hall–Kier alpha value is -2.34. The molecule has 120 valence electrons. The molecule has 0 atom stereocenters. The van der Waals surface area contributed by atoms with E-state index in [9.17, 15) is 9.59 Å². The minimum Gasteiger partial charge on any atom is -0.497 e. The molecule has 2 rings (SSSR count). The number of halogens is 1. The molecule has 0 saturated carbocycles. The molecule has 0 bridgehead atoms. The van der Waals surface area contributed by atoms with Gasteiger partial charge < -0.3 is 14.8 Å². The number of esters is 1. The molecule has 0 fully saturated rings. The first-order valence-electron chi connectivity index (χ1n) is 6.87. The number of amides is 1. The molecule has 23 heavy (non-hydrogen) atoms. The highest BCUT2D eigenvalue weighted by molar-refractivity contribution is 9.10. The molecule has 1 N–H and O–H groups in total. The van der Waals surface area contributed by atoms with E-state index < -0.39 is 11.9 Å². The van der Waals surface area contributed by atoms with E-state index >= 15 is 0 Å². The first kappa shape index (κ1) is 17.0. The Kier molecular flexibility index (Phi) is 5.76. The summed E-state index contributed by atoms with van der Waals surface area (Å²) in [5.41, 5.74) is 2.05. The molecule has 0 aromatic heterocycles. The molecular weight excluding hydrogens is 362 g/mol. The number of aryl methyl sites for hydroxylation is 1. The van der Waals surface area contributed by atoms with Crippen molar-refractivity contribution < 1.29 is 19.1 Å². The first-order chi connectivity index (χ1) is 11.0. The fourth-order valence-electron chi connectivity index (χ4n) is 1.81. The Morgan fingerprint density at radius 1 is 1.13 bits per heavy atom. The van der Waals surface area contributed by atoms with Gasteiger partial charge in [0.2, 0.25) is 0 Å². The molecule has 2 aromatic carbocycles. The van der Waals surface area contributed by atoms with Crippen molar-refractivity contribution in [3.63, 3.8) is 0 Å². The van der Waals surface area contributed by atoms with Crippen LogP contribution in [0.25, 0.3) is 0 Å². The molecule has 0 aliphatic heterocycles. The highest BCUT2D eigenvalue weighted by Crippen LogP contribution is 2.20. The van der Waals surface area contributed by atoms with Gasteiger partial charge in [0.25, 0.3) is 5.91 Å². The quantitative estimate of drug-likeness (QED) is 0.809. The van der Waals surface area contributed by atoms with E-state index in [4.69, 9.17) is 9.47 Å². The van der Waals surface area contributed by atoms with Gasteiger partial charge in [-0.25, -0.2) is 4.79 Å². The zero-order chi connectivity index (χ0) is 16.8. The van der Waals surface area contributed by atoms with Crippen LogP contribution in [0.5, 0.6) is 5.75 Å². The summed E-state index contributed by atoms with van der Waals surface area (Å²) in [7, 11) is 1.54. The van der Waals surface area contributed by atoms with Gasteiger partial charge in [-0.3, -0.25) is 4.79 Å². The zero-order valence-corrected chi connectivity index (χ0v) is 14.3. The second-order valence-corrected chi connectivity index (χ2v) is 5.67. The maximum absolute atomic E-state index is 11.8. The Balaban J connectivity index is 1.87. The van der Waals surface area contributed by atoms with Crippen molar-refractivity contribution >= 4 is 33.5 Å². The van der Waals surface area contributed by atoms with Crippen molar-refractivity contribution in [2.45, 2.75) is 6.92 Å². The summed E-state index contributed by atoms with van der Waals surface area (Å²) in [5.74, 6) is -0.320. The summed E-state index contributed by atoms with van der Waals surface area (Å²) < 4.78 is 10.9. The molecule has 0 spiro atoms. The molecule has 1 amide bonds. The highest BCUT2D eigenvalue weighted by Gasteiger charge is 2.11. The van der Waals surface area contributed by atoms with Crippen molar-refractivity contribution in [2.24, 2.45) is 0 Å². The van der Waals surface area contributed by atoms with E-state index in [0.717, 1.165) is 10.0 Å². The third-order valence-corrected chi connectivity index (χ3v) is 3.97. The van der Waals surface area contributed by atoms with Gasteiger partial charge in [0.1, 0.15) is 5.75 Å². The number of benzene rings is 2. The van der Waals surface area contributed by atoms with Crippen LogP contribution in [0.1, 0.15) is 15.9 Å². The summed E-state index contributed by atoms with van der Waals surface area (Å²) in [6, 6.07) is 11.9. The molecular formula is C17H16BrNO4. The van der Waals surface area contributed by atoms with Gasteiger partial charge in [0, 0.05) is 10.2 Å². The predicted molar refractivity (Wildman–Crippen MR) is 90.8 cm³/mol. The van der Waals surface area contributed by atoms with Gasteiger partial charge >= 0.3 is 5.97 Å². The summed E-state index contributed by atoms with van der Waals surface area (Å²) in [5, 5.41) is 2.67. The number of hydrogen-bond acceptors (Lipinski definition) is 4. The minimum absolute atomic E-state index is 0.351. The van der Waals surface area contributed by atoms with E-state index in [2.05, 4.69) is 21.2 Å². The number of anilines is 1. The van der Waals surface area contributed by atoms with Crippen molar-refractivity contribution in [1.82, 2.24) is 0 Å². The van der Waals surface area contributed by atoms with Crippen LogP contribution < -0.4 is 10.1 Å². The van der Waals surface area contributed by atoms with Crippen molar-refractivity contribution in [1.29, 1.82) is 0 Å². The van der Waals surface area contributed by atoms with Crippen molar-refractivity contribution in [3.05, 3.63) is 58.1 Å². The molecule has 5 nitrogen and oxygen atoms in total. The van der Waals surface area contributed by atoms with Crippen LogP contribution in [-0.4, -0.2) is 25.6 Å². The minimum atomic E-state index is -0.562. The van der Waals surface area contributed by atoms with Crippen LogP contribution in [0.3, 0.4) is 0 Å². The van der Waals surface area contributed by atoms with E-state index in [0.29, 0.717) is 17.0 Å². The average molecular weight is 378 g/mol. The lowest BCUT2D eigenvalue weighted by Crippen LogP contribution is -2.20. The number of hydrogen-bond donors (Lipinski definition) is 1. The van der Waals surface area contributed by atoms with Crippen LogP contribution in [0.15, 0.2) is 46.9 Å². The molecule has 0 radical (unpaired) electrons. The summed E-state index contributed by atoms with van der Waals surface area (Å²) in [6.45, 7) is 1.60. The molecule has 0 unspecified atom stereocenters. The lowest BCUT2D eigenvalue weighted by atomic mass is 10.2. The lowest BCUT2D eigenvalue weighted by molar-refractivity contribution is -0.119. The standard InChI is InChI=1S/C17H16BrNO4/c1-11-3-6-13(9-15(11)18)19-16(20)10-23-17(21)12-4-7-14(22-2)8-5-12/h3-9H,10H2,1-2H3,(H,19,20). The third-order valence-electron chi connectivity index (χ3n) is 3.12. The topological polar surface area (TPSA) is 64.6 Å². The molecule has 2 aromatic rings. The maximum Gasteiger partial charge on any atom is 0.338 e. The van der Waals surface area contributed by atoms with Gasteiger partial charge in [0.05, 0.1) is 12.7 Å². The number of ether oxygens (including phenoxy) is 2. The number of methoxy groups -OCH3 is 1. The van der Waals surface area contributed by atoms with Gasteiger partial charge in [-0.1, -0.05) is 22.0 Å². The Morgan fingerprint density at radius 3 is 2.43 bits per heavy atom. The number of rotatable bonds is 5. The van der Waals surface area contributed by atoms with Crippen LogP contribution >= 0.6 is 15.9 Å². The van der Waals surface area contributed by atoms with Gasteiger partial charge in [-0.15, -0.1) is 0 Å². The molecule has 0 heterocycles. The Morgan fingerprint density at radius 2 is 1.83 bits per heavy atom. The van der Waals surface area contributed by atoms with Crippen molar-refractivity contribution in [3.8, 4) is 5.75 Å². The first-order valence-corrected chi connectivity index (χ1v) is 7.66. The van der Waals surface area contributed by atoms with Crippen LogP contribution in [0.2, 0.25) is 0 Å². The van der Waals surface area contributed by atoms with Crippen LogP contribution in [0.4, 0.5) is 5.69 Å². The van der Waals surface area contributed by atoms with Crippen molar-refractivity contribution in [2.75, 3.05) is 19.0 Å². The molecule has 6 heteroatoms. The zero-order valence-electron chi connectivity index (χ0n) is 12.8. The van der Waals surface area contributed by atoms with E-state index in [-0.39, 0.29) is 6.61 Å². The summed E-state index contributed by atoms with van der Waals surface area (Å²) >= 11 is 3.39. The fourth-order valence-corrected chi connectivity index (χ4v) is 2.19. The van der Waals surface area contributed by atoms with Gasteiger partial charge in [-0.2, -0.15) is 0 Å². The molecule has 0 aliphatic carbocycles. The van der Waals surface area contributed by atoms with Crippen LogP contribution in [-0.2, 0) is 9.53 Å². The van der Waals surface area contributed by atoms with E-state index in [1.165, 1.54) is 0 Å². The number of nitrogens with one attached hydrogen (secondary N) is 1. The smallest absolute Gasteiger partial charge is 0.338 e. The monoisotopic (exact) mass is 377 g/mol. The average Bonchev–Trinajstić information content (AvgIpc) is 2.56. The Labute approximate surface area is 142 Å². The summed E-state index contributed by atoms with van der Waals surface area (Å²) in [6.07, 6.45) is 0. The second-order valence-electron chi connectivity index (χ2n) is 4.82. The van der Waals surface area contributed by atoms with E-state index in [1.807, 2.05) is 13.0 Å². The molecule has 0 aliphatic rings. The SMILES string of the molecule is COc1ccc(C(=O)OCC(=O)Nc2ccc(C)c(Br)c2)cc1. The third kappa shape index (κ3) is 4.82. The Bertz CT molecular complexity index is 713. The lowest BCUT2D eigenvalue weighted by Gasteiger charge is -2.08. The number of carbonyl (C=O) groups is 2. The predicted octanol–water partition coefficient (Wildman–Crippen LogP) is 3.56. The fraction of sp³-hybridized carbons (Fsp3) is 0.176. The molecule has 0 saturated heterocycles.